The molecule has 5 nitrogen and oxygen atoms in total. The molecular formula is C58H39N5. The fourth-order valence-electron chi connectivity index (χ4n) is 9.70. The van der Waals surface area contributed by atoms with Crippen LogP contribution in [0.1, 0.15) is 18.2 Å². The fraction of sp³-hybridized carbons (Fsp3) is 0.0172. The molecule has 0 saturated heterocycles. The molecule has 12 aromatic rings. The Morgan fingerprint density at radius 3 is 1.63 bits per heavy atom. The highest BCUT2D eigenvalue weighted by Gasteiger charge is 2.23. The van der Waals surface area contributed by atoms with Crippen LogP contribution in [-0.2, 0) is 0 Å². The molecule has 0 saturated carbocycles. The van der Waals surface area contributed by atoms with E-state index in [1.54, 1.807) is 0 Å². The molecule has 0 fully saturated rings. The van der Waals surface area contributed by atoms with Crippen LogP contribution in [0.2, 0.25) is 0 Å². The predicted molar refractivity (Wildman–Crippen MR) is 265 cm³/mol. The molecule has 0 aliphatic rings. The number of aromatic nitrogens is 5. The molecular weight excluding hydrogens is 767 g/mol. The highest BCUT2D eigenvalue weighted by molar-refractivity contribution is 6.28. The Kier molecular flexibility index (Phi) is 8.47. The monoisotopic (exact) mass is 805 g/mol. The largest absolute Gasteiger partial charge is 0.309 e. The molecule has 0 N–H and O–H groups in total. The van der Waals surface area contributed by atoms with Crippen LogP contribution in [0.5, 0.6) is 0 Å². The minimum Gasteiger partial charge on any atom is -0.309 e. The maximum atomic E-state index is 5.11. The molecule has 5 heteroatoms. The van der Waals surface area contributed by atoms with Crippen molar-refractivity contribution in [3.8, 4) is 45.5 Å². The van der Waals surface area contributed by atoms with Gasteiger partial charge in [-0.2, -0.15) is 0 Å². The van der Waals surface area contributed by atoms with E-state index in [9.17, 15) is 0 Å². The second kappa shape index (κ2) is 14.6. The van der Waals surface area contributed by atoms with Gasteiger partial charge in [-0.15, -0.1) is 0 Å². The number of hydrogen-bond donors (Lipinski definition) is 0. The molecule has 0 amide bonds. The molecule has 9 aromatic carbocycles. The van der Waals surface area contributed by atoms with E-state index in [-0.39, 0.29) is 0 Å². The summed E-state index contributed by atoms with van der Waals surface area (Å²) < 4.78 is 4.82. The number of para-hydroxylation sites is 2. The van der Waals surface area contributed by atoms with Crippen LogP contribution >= 0.6 is 0 Å². The van der Waals surface area contributed by atoms with Gasteiger partial charge in [-0.25, -0.2) is 15.0 Å². The molecule has 0 atom stereocenters. The minimum atomic E-state index is 0.626. The van der Waals surface area contributed by atoms with Crippen LogP contribution in [0.25, 0.3) is 123 Å². The lowest BCUT2D eigenvalue weighted by molar-refractivity contribution is 1.07. The van der Waals surface area contributed by atoms with Gasteiger partial charge in [-0.3, -0.25) is 0 Å². The molecule has 0 spiro atoms. The smallest absolute Gasteiger partial charge is 0.164 e. The first-order valence-electron chi connectivity index (χ1n) is 21.4. The molecule has 3 aromatic heterocycles. The molecule has 0 aliphatic carbocycles. The predicted octanol–water partition coefficient (Wildman–Crippen LogP) is 15.0. The number of fused-ring (bicyclic) bond motifs is 10. The zero-order valence-electron chi connectivity index (χ0n) is 34.6. The molecule has 3 heterocycles. The SMILES string of the molecule is C=Cc1c(/C=C\C)c2cc3c4ccccc4n(-c4ccccc4)c3cc2n1-c1cccc2c3ccccc3c3cc(-c4nc(-c5ccccc5)nc(-c5ccccc5)n4)ccc3c12. The number of hydrogen-bond acceptors (Lipinski definition) is 3. The quantitative estimate of drug-likeness (QED) is 0.151. The number of benzene rings is 9. The molecule has 0 unspecified atom stereocenters. The summed E-state index contributed by atoms with van der Waals surface area (Å²) in [6.07, 6.45) is 6.37. The van der Waals surface area contributed by atoms with Gasteiger partial charge in [-0.05, 0) is 82.4 Å². The van der Waals surface area contributed by atoms with Crippen molar-refractivity contribution in [1.29, 1.82) is 0 Å². The van der Waals surface area contributed by atoms with Crippen LogP contribution in [0, 0.1) is 0 Å². The van der Waals surface area contributed by atoms with Crippen LogP contribution in [0.3, 0.4) is 0 Å². The van der Waals surface area contributed by atoms with Crippen molar-refractivity contribution in [3.05, 3.63) is 212 Å². The van der Waals surface area contributed by atoms with E-state index in [2.05, 4.69) is 162 Å². The highest BCUT2D eigenvalue weighted by Crippen LogP contribution is 2.44. The van der Waals surface area contributed by atoms with Crippen molar-refractivity contribution in [2.45, 2.75) is 6.92 Å². The second-order valence-corrected chi connectivity index (χ2v) is 16.0. The average molecular weight is 806 g/mol. The highest BCUT2D eigenvalue weighted by atomic mass is 15.0. The van der Waals surface area contributed by atoms with Crippen LogP contribution in [-0.4, -0.2) is 24.1 Å². The number of rotatable bonds is 7. The summed E-state index contributed by atoms with van der Waals surface area (Å²) in [6.45, 7) is 6.53. The van der Waals surface area contributed by atoms with E-state index in [4.69, 9.17) is 15.0 Å². The summed E-state index contributed by atoms with van der Waals surface area (Å²) in [5, 5.41) is 10.6. The third-order valence-corrected chi connectivity index (χ3v) is 12.4. The third kappa shape index (κ3) is 5.74. The normalized spacial score (nSPS) is 11.9. The van der Waals surface area contributed by atoms with E-state index >= 15 is 0 Å². The Hall–Kier alpha value is -8.41. The first-order chi connectivity index (χ1) is 31.2. The first kappa shape index (κ1) is 36.4. The topological polar surface area (TPSA) is 48.5 Å². The van der Waals surface area contributed by atoms with E-state index in [0.717, 1.165) is 61.1 Å². The van der Waals surface area contributed by atoms with Gasteiger partial charge in [0, 0.05) is 49.5 Å². The minimum absolute atomic E-state index is 0.626. The van der Waals surface area contributed by atoms with Gasteiger partial charge in [-0.1, -0.05) is 164 Å². The maximum Gasteiger partial charge on any atom is 0.164 e. The Balaban J connectivity index is 1.16. The third-order valence-electron chi connectivity index (χ3n) is 12.4. The van der Waals surface area contributed by atoms with E-state index in [1.165, 1.54) is 43.2 Å². The molecule has 12 rings (SSSR count). The van der Waals surface area contributed by atoms with Crippen LogP contribution < -0.4 is 0 Å². The zero-order valence-corrected chi connectivity index (χ0v) is 34.6. The number of allylic oxidation sites excluding steroid dienone is 1. The van der Waals surface area contributed by atoms with Crippen molar-refractivity contribution in [1.82, 2.24) is 24.1 Å². The summed E-state index contributed by atoms with van der Waals surface area (Å²) in [5.74, 6) is 1.90. The average Bonchev–Trinajstić information content (AvgIpc) is 3.84. The summed E-state index contributed by atoms with van der Waals surface area (Å²) in [5.41, 5.74) is 10.7. The van der Waals surface area contributed by atoms with Crippen molar-refractivity contribution < 1.29 is 0 Å². The van der Waals surface area contributed by atoms with E-state index in [1.807, 2.05) is 66.7 Å². The van der Waals surface area contributed by atoms with Crippen LogP contribution in [0.4, 0.5) is 0 Å². The van der Waals surface area contributed by atoms with Gasteiger partial charge >= 0.3 is 0 Å². The van der Waals surface area contributed by atoms with Crippen molar-refractivity contribution in [2.24, 2.45) is 0 Å². The maximum absolute atomic E-state index is 5.11. The van der Waals surface area contributed by atoms with Gasteiger partial charge in [0.25, 0.3) is 0 Å². The first-order valence-corrected chi connectivity index (χ1v) is 21.4. The molecule has 63 heavy (non-hydrogen) atoms. The van der Waals surface area contributed by atoms with Crippen molar-refractivity contribution in [2.75, 3.05) is 0 Å². The summed E-state index contributed by atoms with van der Waals surface area (Å²) >= 11 is 0. The van der Waals surface area contributed by atoms with Gasteiger partial charge < -0.3 is 9.13 Å². The molecule has 0 aliphatic heterocycles. The van der Waals surface area contributed by atoms with Crippen molar-refractivity contribution in [3.63, 3.8) is 0 Å². The Bertz CT molecular complexity index is 3750. The second-order valence-electron chi connectivity index (χ2n) is 16.0. The molecule has 0 bridgehead atoms. The standard InChI is InChI=1S/C58H39N5/c1-3-19-43-48-35-49-44-28-16-17-30-51(44)62(40-24-12-7-13-25-40)53(49)36-54(48)63(50(43)4-2)52-31-18-29-45-41-26-14-15-27-42(41)47-34-39(32-33-46(47)55(45)52)58-60-56(37-20-8-5-9-21-37)59-57(61-58)38-22-10-6-11-23-38/h3-36H,2H2,1H3/b19-3-. The van der Waals surface area contributed by atoms with Crippen molar-refractivity contribution >= 4 is 77.2 Å². The molecule has 0 radical (unpaired) electrons. The van der Waals surface area contributed by atoms with E-state index in [0.29, 0.717) is 17.5 Å². The fourth-order valence-corrected chi connectivity index (χ4v) is 9.70. The van der Waals surface area contributed by atoms with Crippen LogP contribution in [0.15, 0.2) is 201 Å². The Morgan fingerprint density at radius 1 is 0.413 bits per heavy atom. The Morgan fingerprint density at radius 2 is 0.968 bits per heavy atom. The summed E-state index contributed by atoms with van der Waals surface area (Å²) in [6, 6.07) is 66.6. The lowest BCUT2D eigenvalue weighted by Gasteiger charge is -2.18. The van der Waals surface area contributed by atoms with Gasteiger partial charge in [0.05, 0.1) is 27.9 Å². The van der Waals surface area contributed by atoms with E-state index < -0.39 is 0 Å². The summed E-state index contributed by atoms with van der Waals surface area (Å²) in [7, 11) is 0. The lowest BCUT2D eigenvalue weighted by atomic mass is 9.92. The van der Waals surface area contributed by atoms with Gasteiger partial charge in [0.15, 0.2) is 17.5 Å². The number of nitrogens with zero attached hydrogens (tertiary/aromatic N) is 5. The summed E-state index contributed by atoms with van der Waals surface area (Å²) in [4.78, 5) is 15.2. The Labute approximate surface area is 364 Å². The lowest BCUT2D eigenvalue weighted by Crippen LogP contribution is -2.01. The van der Waals surface area contributed by atoms with Gasteiger partial charge in [0.1, 0.15) is 0 Å². The van der Waals surface area contributed by atoms with Gasteiger partial charge in [0.2, 0.25) is 0 Å². The molecule has 296 valence electrons. The zero-order chi connectivity index (χ0) is 42.0.